The van der Waals surface area contributed by atoms with Crippen molar-refractivity contribution in [2.45, 2.75) is 18.8 Å². The summed E-state index contributed by atoms with van der Waals surface area (Å²) >= 11 is 0. The molecule has 0 fully saturated rings. The molecule has 1 aliphatic carbocycles. The highest BCUT2D eigenvalue weighted by molar-refractivity contribution is 6.04. The maximum absolute atomic E-state index is 13.4. The highest BCUT2D eigenvalue weighted by atomic mass is 19.3. The molecule has 2 rings (SSSR count). The number of fused-ring (bicyclic) bond motifs is 1. The summed E-state index contributed by atoms with van der Waals surface area (Å²) in [7, 11) is 0. The Hall–Kier alpha value is -1.59. The Labute approximate surface area is 88.0 Å². The van der Waals surface area contributed by atoms with Crippen LogP contribution in [0.5, 0.6) is 0 Å². The van der Waals surface area contributed by atoms with E-state index in [1.54, 1.807) is 0 Å². The predicted octanol–water partition coefficient (Wildman–Crippen LogP) is 2.31. The molecule has 1 aliphatic rings. The van der Waals surface area contributed by atoms with Crippen LogP contribution in [0.25, 0.3) is 0 Å². The van der Waals surface area contributed by atoms with Crippen molar-refractivity contribution in [2.24, 2.45) is 0 Å². The number of carbonyl (C=O) groups is 1. The number of nitrogen functional groups attached to an aromatic ring is 1. The maximum Gasteiger partial charge on any atom is 0.310 e. The fraction of sp³-hybridized carbons (Fsp3) is 0.300. The van der Waals surface area contributed by atoms with E-state index in [4.69, 9.17) is 5.73 Å². The minimum Gasteiger partial charge on any atom is -0.394 e. The van der Waals surface area contributed by atoms with Crippen LogP contribution in [-0.2, 0) is 6.42 Å². The van der Waals surface area contributed by atoms with Crippen LogP contribution in [0.1, 0.15) is 22.3 Å². The van der Waals surface area contributed by atoms with Crippen molar-refractivity contribution in [3.8, 4) is 0 Å². The van der Waals surface area contributed by atoms with Gasteiger partial charge in [0.1, 0.15) is 11.5 Å². The number of nitrogens with two attached hydrogens (primary N) is 1. The molecule has 1 aromatic rings. The maximum atomic E-state index is 13.4. The molecule has 0 bridgehead atoms. The predicted molar refractivity (Wildman–Crippen MR) is 48.4 cm³/mol. The first-order valence-corrected chi connectivity index (χ1v) is 4.53. The zero-order valence-corrected chi connectivity index (χ0v) is 7.99. The Morgan fingerprint density at radius 3 is 2.56 bits per heavy atom. The van der Waals surface area contributed by atoms with Crippen molar-refractivity contribution in [2.75, 3.05) is 5.73 Å². The Bertz CT molecular complexity index is 484. The second-order valence-corrected chi connectivity index (χ2v) is 3.65. The summed E-state index contributed by atoms with van der Waals surface area (Å²) in [5, 5.41) is 0. The zero-order chi connectivity index (χ0) is 12.1. The van der Waals surface area contributed by atoms with Gasteiger partial charge in [-0.2, -0.15) is 8.78 Å². The van der Waals surface area contributed by atoms with E-state index in [9.17, 15) is 22.4 Å². The number of halogens is 4. The number of alkyl halides is 2. The van der Waals surface area contributed by atoms with Gasteiger partial charge in [-0.3, -0.25) is 4.79 Å². The van der Waals surface area contributed by atoms with Gasteiger partial charge in [0.05, 0.1) is 0 Å². The molecule has 0 aliphatic heterocycles. The lowest BCUT2D eigenvalue weighted by molar-refractivity contribution is 0.00172. The first-order valence-electron chi connectivity index (χ1n) is 4.53. The molecule has 2 nitrogen and oxygen atoms in total. The monoisotopic (exact) mass is 233 g/mol. The molecule has 0 atom stereocenters. The Morgan fingerprint density at radius 2 is 1.94 bits per heavy atom. The van der Waals surface area contributed by atoms with Gasteiger partial charge >= 0.3 is 5.92 Å². The summed E-state index contributed by atoms with van der Waals surface area (Å²) < 4.78 is 52.5. The van der Waals surface area contributed by atoms with Crippen molar-refractivity contribution >= 4 is 11.5 Å². The third-order valence-electron chi connectivity index (χ3n) is 2.62. The minimum absolute atomic E-state index is 0.227. The lowest BCUT2D eigenvalue weighted by atomic mass is 9.87. The third-order valence-corrected chi connectivity index (χ3v) is 2.62. The lowest BCUT2D eigenvalue weighted by Crippen LogP contribution is -2.35. The zero-order valence-electron chi connectivity index (χ0n) is 7.99. The lowest BCUT2D eigenvalue weighted by Gasteiger charge is -2.23. The van der Waals surface area contributed by atoms with Gasteiger partial charge < -0.3 is 5.73 Å². The Morgan fingerprint density at radius 1 is 1.31 bits per heavy atom. The van der Waals surface area contributed by atoms with Gasteiger partial charge in [-0.05, 0) is 12.5 Å². The summed E-state index contributed by atoms with van der Waals surface area (Å²) in [5.74, 6) is -7.41. The van der Waals surface area contributed by atoms with Crippen LogP contribution in [0.15, 0.2) is 6.07 Å². The van der Waals surface area contributed by atoms with Crippen molar-refractivity contribution in [1.29, 1.82) is 0 Å². The van der Waals surface area contributed by atoms with Crippen LogP contribution >= 0.6 is 0 Å². The average molecular weight is 233 g/mol. The van der Waals surface area contributed by atoms with E-state index in [0.717, 1.165) is 0 Å². The van der Waals surface area contributed by atoms with E-state index in [0.29, 0.717) is 6.07 Å². The molecular formula is C10H7F4NO. The molecular weight excluding hydrogens is 226 g/mol. The minimum atomic E-state index is -3.55. The molecule has 0 spiro atoms. The average Bonchev–Trinajstić information content (AvgIpc) is 2.21. The first-order chi connectivity index (χ1) is 7.34. The van der Waals surface area contributed by atoms with Gasteiger partial charge in [0.2, 0.25) is 5.78 Å². The summed E-state index contributed by atoms with van der Waals surface area (Å²) in [6, 6.07) is 0.573. The van der Waals surface area contributed by atoms with Gasteiger partial charge in [0, 0.05) is 17.5 Å². The van der Waals surface area contributed by atoms with E-state index in [1.165, 1.54) is 0 Å². The van der Waals surface area contributed by atoms with E-state index in [2.05, 4.69) is 0 Å². The second-order valence-electron chi connectivity index (χ2n) is 3.65. The quantitative estimate of drug-likeness (QED) is 0.552. The molecule has 0 unspecified atom stereocenters. The van der Waals surface area contributed by atoms with Gasteiger partial charge in [0.25, 0.3) is 0 Å². The molecule has 0 heterocycles. The third kappa shape index (κ3) is 1.36. The van der Waals surface area contributed by atoms with E-state index < -0.39 is 41.0 Å². The van der Waals surface area contributed by atoms with Gasteiger partial charge in [-0.25, -0.2) is 8.78 Å². The fourth-order valence-corrected chi connectivity index (χ4v) is 1.72. The smallest absolute Gasteiger partial charge is 0.310 e. The van der Waals surface area contributed by atoms with Crippen molar-refractivity contribution in [3.63, 3.8) is 0 Å². The molecule has 16 heavy (non-hydrogen) atoms. The molecule has 1 aromatic carbocycles. The van der Waals surface area contributed by atoms with E-state index in [-0.39, 0.29) is 12.0 Å². The van der Waals surface area contributed by atoms with Crippen LogP contribution < -0.4 is 5.73 Å². The Kier molecular flexibility index (Phi) is 2.18. The first kappa shape index (κ1) is 10.9. The molecule has 0 saturated heterocycles. The van der Waals surface area contributed by atoms with Crippen molar-refractivity contribution in [3.05, 3.63) is 28.8 Å². The van der Waals surface area contributed by atoms with Crippen molar-refractivity contribution in [1.82, 2.24) is 0 Å². The topological polar surface area (TPSA) is 43.1 Å². The molecule has 6 heteroatoms. The number of benzene rings is 1. The van der Waals surface area contributed by atoms with Crippen LogP contribution in [-0.4, -0.2) is 11.7 Å². The van der Waals surface area contributed by atoms with Gasteiger partial charge in [-0.15, -0.1) is 0 Å². The van der Waals surface area contributed by atoms with Crippen LogP contribution in [0.2, 0.25) is 0 Å². The molecule has 86 valence electrons. The largest absolute Gasteiger partial charge is 0.394 e. The molecule has 0 aromatic heterocycles. The van der Waals surface area contributed by atoms with E-state index >= 15 is 0 Å². The highest BCUT2D eigenvalue weighted by Gasteiger charge is 2.44. The molecule has 2 N–H and O–H groups in total. The Balaban J connectivity index is 2.67. The SMILES string of the molecule is Nc1c(F)cc2c(c1F)CCC(F)(F)C2=O. The molecule has 0 radical (unpaired) electrons. The number of anilines is 1. The highest BCUT2D eigenvalue weighted by Crippen LogP contribution is 2.36. The van der Waals surface area contributed by atoms with Crippen LogP contribution in [0, 0.1) is 11.6 Å². The summed E-state index contributed by atoms with van der Waals surface area (Å²) in [6.07, 6.45) is -1.11. The summed E-state index contributed by atoms with van der Waals surface area (Å²) in [5.41, 5.74) is 3.49. The number of hydrogen-bond acceptors (Lipinski definition) is 2. The molecule has 0 amide bonds. The molecule has 0 saturated carbocycles. The summed E-state index contributed by atoms with van der Waals surface area (Å²) in [6.45, 7) is 0. The standard InChI is InChI=1S/C10H7F4NO/c11-6-3-5-4(7(12)8(6)15)1-2-10(13,14)9(5)16/h3H,1-2,15H2. The summed E-state index contributed by atoms with van der Waals surface area (Å²) in [4.78, 5) is 11.2. The fourth-order valence-electron chi connectivity index (χ4n) is 1.72. The van der Waals surface area contributed by atoms with Crippen molar-refractivity contribution < 1.29 is 22.4 Å². The number of Topliss-reactive ketones (excluding diaryl/α,β-unsaturated/α-hetero) is 1. The second kappa shape index (κ2) is 3.20. The van der Waals surface area contributed by atoms with E-state index in [1.807, 2.05) is 0 Å². The number of rotatable bonds is 0. The van der Waals surface area contributed by atoms with Gasteiger partial charge in [-0.1, -0.05) is 0 Å². The number of carbonyl (C=O) groups excluding carboxylic acids is 1. The van der Waals surface area contributed by atoms with Gasteiger partial charge in [0.15, 0.2) is 5.82 Å². The number of hydrogen-bond donors (Lipinski definition) is 1. The van der Waals surface area contributed by atoms with Crippen LogP contribution in [0.4, 0.5) is 23.2 Å². The normalized spacial score (nSPS) is 18.4. The van der Waals surface area contributed by atoms with Crippen LogP contribution in [0.3, 0.4) is 0 Å². The number of ketones is 1.